The van der Waals surface area contributed by atoms with Crippen molar-refractivity contribution in [2.24, 2.45) is 0 Å². The predicted octanol–water partition coefficient (Wildman–Crippen LogP) is 1.95. The molecule has 0 atom stereocenters. The molecule has 4 N–H and O–H groups in total. The van der Waals surface area contributed by atoms with Crippen molar-refractivity contribution in [1.29, 1.82) is 0 Å². The SMILES string of the molecule is CC(C)(C)NCC(=O)Nc1cc2[nH]c(=O)[nH]c2cc1Br. The molecule has 0 radical (unpaired) electrons. The lowest BCUT2D eigenvalue weighted by Gasteiger charge is -2.20. The van der Waals surface area contributed by atoms with Gasteiger partial charge in [0.25, 0.3) is 0 Å². The number of fused-ring (bicyclic) bond motifs is 1. The van der Waals surface area contributed by atoms with E-state index in [1.807, 2.05) is 20.8 Å². The molecule has 2 aromatic rings. The minimum absolute atomic E-state index is 0.121. The van der Waals surface area contributed by atoms with Crippen LogP contribution in [0.15, 0.2) is 21.4 Å². The Morgan fingerprint density at radius 3 is 2.45 bits per heavy atom. The molecule has 0 saturated heterocycles. The van der Waals surface area contributed by atoms with E-state index in [-0.39, 0.29) is 23.7 Å². The molecule has 0 aliphatic heterocycles. The number of benzene rings is 1. The standard InChI is InChI=1S/C13H17BrN4O2/c1-13(2,3)15-6-11(19)16-8-5-10-9(4-7(8)14)17-12(20)18-10/h4-5,15H,6H2,1-3H3,(H,16,19)(H2,17,18,20). The van der Waals surface area contributed by atoms with E-state index in [0.717, 1.165) is 0 Å². The van der Waals surface area contributed by atoms with Crippen LogP contribution < -0.4 is 16.3 Å². The first-order chi connectivity index (χ1) is 9.24. The number of carbonyl (C=O) groups is 1. The smallest absolute Gasteiger partial charge is 0.323 e. The zero-order chi connectivity index (χ0) is 14.9. The van der Waals surface area contributed by atoms with Crippen LogP contribution in [-0.2, 0) is 4.79 Å². The molecule has 0 fully saturated rings. The van der Waals surface area contributed by atoms with Gasteiger partial charge in [-0.05, 0) is 48.8 Å². The summed E-state index contributed by atoms with van der Waals surface area (Å²) in [6.07, 6.45) is 0. The van der Waals surface area contributed by atoms with Gasteiger partial charge in [-0.15, -0.1) is 0 Å². The van der Waals surface area contributed by atoms with Crippen molar-refractivity contribution in [3.8, 4) is 0 Å². The molecular weight excluding hydrogens is 324 g/mol. The van der Waals surface area contributed by atoms with Crippen LogP contribution in [-0.4, -0.2) is 28.0 Å². The van der Waals surface area contributed by atoms with Gasteiger partial charge in [-0.25, -0.2) is 4.79 Å². The molecule has 1 aromatic heterocycles. The Hall–Kier alpha value is -1.60. The van der Waals surface area contributed by atoms with E-state index in [1.54, 1.807) is 12.1 Å². The maximum absolute atomic E-state index is 11.9. The molecule has 0 spiro atoms. The summed E-state index contributed by atoms with van der Waals surface area (Å²) in [6, 6.07) is 3.46. The van der Waals surface area contributed by atoms with Gasteiger partial charge in [0.15, 0.2) is 0 Å². The minimum Gasteiger partial charge on any atom is -0.324 e. The molecule has 6 nitrogen and oxygen atoms in total. The lowest BCUT2D eigenvalue weighted by Crippen LogP contribution is -2.41. The third-order valence-corrected chi connectivity index (χ3v) is 3.31. The van der Waals surface area contributed by atoms with Gasteiger partial charge < -0.3 is 20.6 Å². The minimum atomic E-state index is -0.273. The van der Waals surface area contributed by atoms with Crippen LogP contribution in [0.25, 0.3) is 11.0 Å². The van der Waals surface area contributed by atoms with Crippen LogP contribution in [0.4, 0.5) is 5.69 Å². The summed E-state index contributed by atoms with van der Waals surface area (Å²) >= 11 is 3.37. The highest BCUT2D eigenvalue weighted by Gasteiger charge is 2.13. The zero-order valence-corrected chi connectivity index (χ0v) is 13.1. The first-order valence-electron chi connectivity index (χ1n) is 6.21. The van der Waals surface area contributed by atoms with Gasteiger partial charge in [-0.3, -0.25) is 4.79 Å². The summed E-state index contributed by atoms with van der Waals surface area (Å²) in [4.78, 5) is 28.4. The second kappa shape index (κ2) is 5.41. The highest BCUT2D eigenvalue weighted by atomic mass is 79.9. The second-order valence-corrected chi connectivity index (χ2v) is 6.46. The number of H-pyrrole nitrogens is 2. The first kappa shape index (κ1) is 14.8. The molecule has 1 heterocycles. The van der Waals surface area contributed by atoms with Crippen LogP contribution in [0.2, 0.25) is 0 Å². The summed E-state index contributed by atoms with van der Waals surface area (Å²) in [5, 5.41) is 5.91. The molecule has 0 bridgehead atoms. The Kier molecular flexibility index (Phi) is 4.01. The Labute approximate surface area is 124 Å². The van der Waals surface area contributed by atoms with E-state index in [9.17, 15) is 9.59 Å². The number of halogens is 1. The van der Waals surface area contributed by atoms with E-state index < -0.39 is 0 Å². The number of aromatic nitrogens is 2. The Balaban J connectivity index is 2.14. The monoisotopic (exact) mass is 340 g/mol. The van der Waals surface area contributed by atoms with Crippen LogP contribution in [0.1, 0.15) is 20.8 Å². The van der Waals surface area contributed by atoms with E-state index in [1.165, 1.54) is 0 Å². The first-order valence-corrected chi connectivity index (χ1v) is 7.00. The molecule has 0 unspecified atom stereocenters. The molecule has 1 aromatic carbocycles. The molecule has 108 valence electrons. The fourth-order valence-electron chi connectivity index (χ4n) is 1.69. The number of hydrogen-bond donors (Lipinski definition) is 4. The molecule has 7 heteroatoms. The van der Waals surface area contributed by atoms with E-state index in [4.69, 9.17) is 0 Å². The highest BCUT2D eigenvalue weighted by molar-refractivity contribution is 9.10. The quantitative estimate of drug-likeness (QED) is 0.688. The number of hydrogen-bond acceptors (Lipinski definition) is 3. The lowest BCUT2D eigenvalue weighted by molar-refractivity contribution is -0.115. The fourth-order valence-corrected chi connectivity index (χ4v) is 2.13. The average molecular weight is 341 g/mol. The fraction of sp³-hybridized carbons (Fsp3) is 0.385. The summed E-state index contributed by atoms with van der Waals surface area (Å²) in [7, 11) is 0. The predicted molar refractivity (Wildman–Crippen MR) is 83.0 cm³/mol. The van der Waals surface area contributed by atoms with Crippen LogP contribution in [0.5, 0.6) is 0 Å². The van der Waals surface area contributed by atoms with Gasteiger partial charge in [0.05, 0.1) is 23.3 Å². The van der Waals surface area contributed by atoms with Crippen molar-refractivity contribution in [2.75, 3.05) is 11.9 Å². The van der Waals surface area contributed by atoms with Crippen LogP contribution >= 0.6 is 15.9 Å². The maximum atomic E-state index is 11.9. The number of nitrogens with one attached hydrogen (secondary N) is 4. The van der Waals surface area contributed by atoms with Crippen LogP contribution in [0, 0.1) is 0 Å². The number of imidazole rings is 1. The van der Waals surface area contributed by atoms with Crippen molar-refractivity contribution in [2.45, 2.75) is 26.3 Å². The number of anilines is 1. The van der Waals surface area contributed by atoms with Gasteiger partial charge in [0, 0.05) is 10.0 Å². The highest BCUT2D eigenvalue weighted by Crippen LogP contribution is 2.26. The molecule has 0 aliphatic carbocycles. The van der Waals surface area contributed by atoms with Gasteiger partial charge >= 0.3 is 5.69 Å². The van der Waals surface area contributed by atoms with E-state index >= 15 is 0 Å². The van der Waals surface area contributed by atoms with Gasteiger partial charge in [0.1, 0.15) is 0 Å². The third-order valence-electron chi connectivity index (χ3n) is 2.66. The van der Waals surface area contributed by atoms with Crippen molar-refractivity contribution >= 4 is 38.6 Å². The number of amides is 1. The molecule has 0 saturated carbocycles. The van der Waals surface area contributed by atoms with Crippen molar-refractivity contribution < 1.29 is 4.79 Å². The summed E-state index contributed by atoms with van der Waals surface area (Å²) in [5.74, 6) is -0.141. The molecule has 1 amide bonds. The topological polar surface area (TPSA) is 89.8 Å². The largest absolute Gasteiger partial charge is 0.324 e. The second-order valence-electron chi connectivity index (χ2n) is 5.61. The van der Waals surface area contributed by atoms with Crippen molar-refractivity contribution in [3.05, 3.63) is 27.1 Å². The Bertz CT molecular complexity index is 696. The molecule has 2 rings (SSSR count). The molecular formula is C13H17BrN4O2. The normalized spacial score (nSPS) is 11.8. The van der Waals surface area contributed by atoms with Gasteiger partial charge in [-0.2, -0.15) is 0 Å². The molecule has 0 aliphatic rings. The molecule has 20 heavy (non-hydrogen) atoms. The maximum Gasteiger partial charge on any atom is 0.323 e. The number of aromatic amines is 2. The lowest BCUT2D eigenvalue weighted by atomic mass is 10.1. The van der Waals surface area contributed by atoms with Gasteiger partial charge in [-0.1, -0.05) is 0 Å². The van der Waals surface area contributed by atoms with Crippen molar-refractivity contribution in [1.82, 2.24) is 15.3 Å². The summed E-state index contributed by atoms with van der Waals surface area (Å²) in [5.41, 5.74) is 1.56. The number of carbonyl (C=O) groups excluding carboxylic acids is 1. The Morgan fingerprint density at radius 1 is 1.25 bits per heavy atom. The van der Waals surface area contributed by atoms with E-state index in [0.29, 0.717) is 21.2 Å². The zero-order valence-electron chi connectivity index (χ0n) is 11.6. The van der Waals surface area contributed by atoms with Gasteiger partial charge in [0.2, 0.25) is 5.91 Å². The van der Waals surface area contributed by atoms with Crippen LogP contribution in [0.3, 0.4) is 0 Å². The Morgan fingerprint density at radius 2 is 1.85 bits per heavy atom. The van der Waals surface area contributed by atoms with E-state index in [2.05, 4.69) is 36.5 Å². The number of rotatable bonds is 3. The third kappa shape index (κ3) is 3.71. The summed E-state index contributed by atoms with van der Waals surface area (Å²) in [6.45, 7) is 6.20. The average Bonchev–Trinajstić information content (AvgIpc) is 2.65. The summed E-state index contributed by atoms with van der Waals surface area (Å²) < 4.78 is 0.712. The van der Waals surface area contributed by atoms with Crippen molar-refractivity contribution in [3.63, 3.8) is 0 Å².